The van der Waals surface area contributed by atoms with Gasteiger partial charge in [-0.3, -0.25) is 9.78 Å². The Kier molecular flexibility index (Phi) is 7.30. The van der Waals surface area contributed by atoms with Gasteiger partial charge in [-0.05, 0) is 25.0 Å². The molecule has 0 aliphatic heterocycles. The van der Waals surface area contributed by atoms with Gasteiger partial charge in [-0.15, -0.1) is 11.3 Å². The van der Waals surface area contributed by atoms with Crippen LogP contribution < -0.4 is 5.32 Å². The number of esters is 1. The van der Waals surface area contributed by atoms with Crippen molar-refractivity contribution in [2.45, 2.75) is 32.4 Å². The first kappa shape index (κ1) is 22.4. The Hall–Kier alpha value is -3.33. The monoisotopic (exact) mass is 444 g/mol. The predicted octanol–water partition coefficient (Wildman–Crippen LogP) is 4.17. The van der Waals surface area contributed by atoms with E-state index in [4.69, 9.17) is 9.47 Å². The van der Waals surface area contributed by atoms with Crippen molar-refractivity contribution >= 4 is 39.4 Å². The summed E-state index contributed by atoms with van der Waals surface area (Å²) in [5.41, 5.74) is 1.77. The van der Waals surface area contributed by atoms with Crippen LogP contribution in [0.3, 0.4) is 0 Å². The quantitative estimate of drug-likeness (QED) is 0.414. The summed E-state index contributed by atoms with van der Waals surface area (Å²) >= 11 is 1.15. The summed E-state index contributed by atoms with van der Waals surface area (Å²) in [6.45, 7) is 1.67. The Morgan fingerprint density at radius 2 is 1.97 bits per heavy atom. The number of Topliss-reactive ketones (excluding diaryl/α,β-unsaturated/α-hetero) is 1. The molecule has 0 radical (unpaired) electrons. The highest BCUT2D eigenvalue weighted by Gasteiger charge is 2.24. The molecule has 1 N–H and O–H groups in total. The first-order valence-corrected chi connectivity index (χ1v) is 10.3. The third kappa shape index (κ3) is 5.64. The molecule has 2 heterocycles. The van der Waals surface area contributed by atoms with Crippen LogP contribution in [0.15, 0.2) is 42.6 Å². The van der Waals surface area contributed by atoms with Gasteiger partial charge in [0.2, 0.25) is 0 Å². The summed E-state index contributed by atoms with van der Waals surface area (Å²) < 4.78 is 24.1. The fourth-order valence-corrected chi connectivity index (χ4v) is 3.98. The largest absolute Gasteiger partial charge is 0.467 e. The summed E-state index contributed by atoms with van der Waals surface area (Å²) in [5, 5.41) is 2.44. The van der Waals surface area contributed by atoms with Gasteiger partial charge in [-0.1, -0.05) is 30.3 Å². The molecule has 0 bridgehead atoms. The van der Waals surface area contributed by atoms with Crippen LogP contribution in [-0.2, 0) is 20.9 Å². The molecule has 0 saturated heterocycles. The number of benzene rings is 1. The summed E-state index contributed by atoms with van der Waals surface area (Å²) in [5.74, 6) is -1.35. The number of carbonyl (C=O) groups excluding carboxylic acids is 3. The number of nitrogens with one attached hydrogen (secondary N) is 1. The molecule has 7 nitrogen and oxygen atoms in total. The van der Waals surface area contributed by atoms with E-state index in [1.54, 1.807) is 25.1 Å². The van der Waals surface area contributed by atoms with E-state index in [1.165, 1.54) is 7.11 Å². The maximum atomic E-state index is 13.7. The molecule has 9 heteroatoms. The molecule has 3 rings (SSSR count). The van der Waals surface area contributed by atoms with Gasteiger partial charge in [0.25, 0.3) is 0 Å². The van der Waals surface area contributed by atoms with E-state index in [9.17, 15) is 18.8 Å². The lowest BCUT2D eigenvalue weighted by molar-refractivity contribution is -0.143. The minimum Gasteiger partial charge on any atom is -0.467 e. The number of hydrogen-bond acceptors (Lipinski definition) is 7. The minimum absolute atomic E-state index is 0.0208. The van der Waals surface area contributed by atoms with Crippen LogP contribution >= 0.6 is 11.3 Å². The number of nitrogens with zero attached hydrogens (tertiary/aromatic N) is 1. The summed E-state index contributed by atoms with van der Waals surface area (Å²) in [4.78, 5) is 41.1. The normalized spacial score (nSPS) is 11.7. The van der Waals surface area contributed by atoms with Crippen LogP contribution in [0.1, 0.15) is 33.6 Å². The summed E-state index contributed by atoms with van der Waals surface area (Å²) in [6, 6.07) is 9.65. The van der Waals surface area contributed by atoms with Crippen molar-refractivity contribution in [3.63, 3.8) is 0 Å². The van der Waals surface area contributed by atoms with Crippen LogP contribution in [0.5, 0.6) is 0 Å². The van der Waals surface area contributed by atoms with E-state index < -0.39 is 23.9 Å². The standard InChI is InChI=1S/C22H21FN2O5S/c1-13-15(23)11-24-17-10-19(31-20(13)17)18(26)9-8-16(21(27)29-2)25-22(28)30-12-14-6-4-3-5-7-14/h3-7,10-11,16H,8-9,12H2,1-2H3,(H,25,28)/t16-/m1/s1. The number of hydrogen-bond donors (Lipinski definition) is 1. The molecule has 0 saturated carbocycles. The molecule has 0 unspecified atom stereocenters. The number of halogens is 1. The third-order valence-corrected chi connectivity index (χ3v) is 5.94. The van der Waals surface area contributed by atoms with Crippen molar-refractivity contribution < 1.29 is 28.2 Å². The Morgan fingerprint density at radius 1 is 1.23 bits per heavy atom. The number of ether oxygens (including phenoxy) is 2. The van der Waals surface area contributed by atoms with Gasteiger partial charge in [0, 0.05) is 12.0 Å². The Balaban J connectivity index is 1.60. The smallest absolute Gasteiger partial charge is 0.408 e. The lowest BCUT2D eigenvalue weighted by atomic mass is 10.1. The van der Waals surface area contributed by atoms with Gasteiger partial charge in [0.15, 0.2) is 5.78 Å². The second-order valence-electron chi connectivity index (χ2n) is 6.80. The van der Waals surface area contributed by atoms with E-state index in [0.717, 1.165) is 23.1 Å². The number of pyridine rings is 1. The number of amides is 1. The minimum atomic E-state index is -1.04. The molecule has 1 aromatic carbocycles. The zero-order valence-corrected chi connectivity index (χ0v) is 17.8. The van der Waals surface area contributed by atoms with Crippen molar-refractivity contribution in [1.29, 1.82) is 0 Å². The van der Waals surface area contributed by atoms with Gasteiger partial charge < -0.3 is 14.8 Å². The average molecular weight is 444 g/mol. The van der Waals surface area contributed by atoms with Gasteiger partial charge in [-0.25, -0.2) is 14.0 Å². The molecular weight excluding hydrogens is 423 g/mol. The SMILES string of the molecule is COC(=O)[C@@H](CCC(=O)c1cc2ncc(F)c(C)c2s1)NC(=O)OCc1ccccc1. The molecule has 162 valence electrons. The lowest BCUT2D eigenvalue weighted by Gasteiger charge is -2.16. The maximum absolute atomic E-state index is 13.7. The number of methoxy groups -OCH3 is 1. The average Bonchev–Trinajstić information content (AvgIpc) is 3.23. The predicted molar refractivity (Wildman–Crippen MR) is 113 cm³/mol. The van der Waals surface area contributed by atoms with Gasteiger partial charge >= 0.3 is 12.1 Å². The van der Waals surface area contributed by atoms with Crippen LogP contribution in [0.2, 0.25) is 0 Å². The number of ketones is 1. The highest BCUT2D eigenvalue weighted by Crippen LogP contribution is 2.29. The van der Waals surface area contributed by atoms with Gasteiger partial charge in [-0.2, -0.15) is 0 Å². The van der Waals surface area contributed by atoms with Crippen LogP contribution in [0, 0.1) is 12.7 Å². The molecule has 1 amide bonds. The van der Waals surface area contributed by atoms with Crippen molar-refractivity contribution in [3.05, 3.63) is 64.4 Å². The fraction of sp³-hybridized carbons (Fsp3) is 0.273. The zero-order valence-electron chi connectivity index (χ0n) is 17.0. The van der Waals surface area contributed by atoms with Crippen molar-refractivity contribution in [3.8, 4) is 0 Å². The van der Waals surface area contributed by atoms with Gasteiger partial charge in [0.05, 0.1) is 28.4 Å². The molecule has 0 spiro atoms. The van der Waals surface area contributed by atoms with E-state index >= 15 is 0 Å². The topological polar surface area (TPSA) is 94.6 Å². The number of fused-ring (bicyclic) bond motifs is 1. The Morgan fingerprint density at radius 3 is 2.68 bits per heavy atom. The van der Waals surface area contributed by atoms with Crippen LogP contribution in [-0.4, -0.2) is 36.0 Å². The first-order valence-electron chi connectivity index (χ1n) is 9.52. The second kappa shape index (κ2) is 10.1. The summed E-state index contributed by atoms with van der Waals surface area (Å²) in [7, 11) is 1.20. The highest BCUT2D eigenvalue weighted by molar-refractivity contribution is 7.21. The van der Waals surface area contributed by atoms with E-state index in [2.05, 4.69) is 10.3 Å². The lowest BCUT2D eigenvalue weighted by Crippen LogP contribution is -2.42. The van der Waals surface area contributed by atoms with Crippen molar-refractivity contribution in [1.82, 2.24) is 10.3 Å². The number of aromatic nitrogens is 1. The van der Waals surface area contributed by atoms with Crippen LogP contribution in [0.25, 0.3) is 10.2 Å². The third-order valence-electron chi connectivity index (χ3n) is 4.65. The van der Waals surface area contributed by atoms with E-state index in [-0.39, 0.29) is 25.2 Å². The Labute approximate surface area is 182 Å². The van der Waals surface area contributed by atoms with Gasteiger partial charge in [0.1, 0.15) is 18.5 Å². The molecule has 0 fully saturated rings. The van der Waals surface area contributed by atoms with Crippen molar-refractivity contribution in [2.24, 2.45) is 0 Å². The molecule has 31 heavy (non-hydrogen) atoms. The zero-order chi connectivity index (χ0) is 22.4. The Bertz CT molecular complexity index is 1100. The number of aryl methyl sites for hydroxylation is 1. The van der Waals surface area contributed by atoms with Crippen LogP contribution in [0.4, 0.5) is 9.18 Å². The molecule has 0 aliphatic carbocycles. The highest BCUT2D eigenvalue weighted by atomic mass is 32.1. The number of alkyl carbamates (subject to hydrolysis) is 1. The second-order valence-corrected chi connectivity index (χ2v) is 7.85. The first-order chi connectivity index (χ1) is 14.9. The number of carbonyl (C=O) groups is 3. The molecule has 1 atom stereocenters. The molecular formula is C22H21FN2O5S. The molecule has 2 aromatic heterocycles. The summed E-state index contributed by atoms with van der Waals surface area (Å²) in [6.07, 6.45) is 0.342. The number of thiophene rings is 1. The van der Waals surface area contributed by atoms with E-state index in [1.807, 2.05) is 18.2 Å². The molecule has 3 aromatic rings. The number of rotatable bonds is 8. The van der Waals surface area contributed by atoms with E-state index in [0.29, 0.717) is 20.7 Å². The maximum Gasteiger partial charge on any atom is 0.408 e. The molecule has 0 aliphatic rings. The van der Waals surface area contributed by atoms with Crippen molar-refractivity contribution in [2.75, 3.05) is 7.11 Å². The fourth-order valence-electron chi connectivity index (χ4n) is 2.91.